The second kappa shape index (κ2) is 47.2. The van der Waals surface area contributed by atoms with Crippen LogP contribution in [0.3, 0.4) is 0 Å². The number of quaternary nitrogens is 1. The predicted octanol–water partition coefficient (Wildman–Crippen LogP) is 15.0. The number of carbonyl (C=O) groups is 1. The highest BCUT2D eigenvalue weighted by atomic mass is 31.2. The number of aliphatic hydroxyl groups excluding tert-OH is 1. The lowest BCUT2D eigenvalue weighted by atomic mass is 10.0. The highest BCUT2D eigenvalue weighted by Gasteiger charge is 2.23. The largest absolute Gasteiger partial charge is 0.756 e. The van der Waals surface area contributed by atoms with Crippen LogP contribution in [0, 0.1) is 0 Å². The van der Waals surface area contributed by atoms with Crippen LogP contribution in [0.2, 0.25) is 0 Å². The Labute approximate surface area is 406 Å². The van der Waals surface area contributed by atoms with Gasteiger partial charge in [0.1, 0.15) is 13.2 Å². The number of carbonyl (C=O) groups excluding carboxylic acids is 1. The van der Waals surface area contributed by atoms with Crippen molar-refractivity contribution in [2.24, 2.45) is 0 Å². The summed E-state index contributed by atoms with van der Waals surface area (Å²) in [6.07, 6.45) is 68.9. The molecule has 0 saturated carbocycles. The Balaban J connectivity index is 4.10. The summed E-state index contributed by atoms with van der Waals surface area (Å²) in [4.78, 5) is 25.3. The molecule has 0 spiro atoms. The van der Waals surface area contributed by atoms with Crippen LogP contribution < -0.4 is 10.2 Å². The summed E-state index contributed by atoms with van der Waals surface area (Å²) in [5, 5.41) is 13.7. The molecule has 0 bridgehead atoms. The van der Waals surface area contributed by atoms with E-state index in [1.165, 1.54) is 77.0 Å². The molecule has 0 aromatic rings. The van der Waals surface area contributed by atoms with Gasteiger partial charge in [0.2, 0.25) is 5.91 Å². The number of unbranched alkanes of at least 4 members (excludes halogenated alkanes) is 17. The molecule has 1 amide bonds. The van der Waals surface area contributed by atoms with Gasteiger partial charge in [0, 0.05) is 6.42 Å². The van der Waals surface area contributed by atoms with E-state index >= 15 is 0 Å². The molecule has 9 heteroatoms. The van der Waals surface area contributed by atoms with Crippen LogP contribution in [0.15, 0.2) is 109 Å². The highest BCUT2D eigenvalue weighted by molar-refractivity contribution is 7.45. The zero-order chi connectivity index (χ0) is 48.5. The normalized spacial score (nSPS) is 15.0. The van der Waals surface area contributed by atoms with E-state index in [1.54, 1.807) is 6.08 Å². The number of amides is 1. The molecule has 0 aliphatic carbocycles. The number of nitrogens with zero attached hydrogens (tertiary/aromatic N) is 1. The minimum absolute atomic E-state index is 0.0138. The topological polar surface area (TPSA) is 108 Å². The standard InChI is InChI=1S/C57H99N2O6P/c1-6-8-10-12-14-16-18-19-20-21-22-23-24-25-26-27-28-29-30-31-32-33-34-35-36-37-38-39-41-43-45-47-49-51-57(61)58-55(54-65-66(62,63)64-53-52-59(3,4)5)56(60)50-48-46-44-42-40-17-15-13-11-9-7-2/h8,10-11,13-14,16,19-20,22-23,25-26,28-29,40,42,48,50,55-56,60H,6-7,9,12,15,17-18,21,24,27,30-39,41,43-47,49,51-54H2,1-5H3,(H-,58,61,62,63)/b10-8-,13-11+,16-14-,20-19-,23-22-,26-25-,29-28-,42-40+,50-48+. The first-order valence-corrected chi connectivity index (χ1v) is 27.7. The lowest BCUT2D eigenvalue weighted by Gasteiger charge is -2.29. The van der Waals surface area contributed by atoms with Gasteiger partial charge in [-0.1, -0.05) is 207 Å². The fraction of sp³-hybridized carbons (Fsp3) is 0.667. The second-order valence-corrected chi connectivity index (χ2v) is 19.9. The molecule has 0 saturated heterocycles. The Bertz CT molecular complexity index is 1440. The van der Waals surface area contributed by atoms with Gasteiger partial charge >= 0.3 is 0 Å². The van der Waals surface area contributed by atoms with Crippen molar-refractivity contribution in [2.45, 2.75) is 206 Å². The third-order valence-corrected chi connectivity index (χ3v) is 11.9. The van der Waals surface area contributed by atoms with Crippen LogP contribution in [-0.4, -0.2) is 68.5 Å². The van der Waals surface area contributed by atoms with Crippen molar-refractivity contribution in [3.63, 3.8) is 0 Å². The third-order valence-electron chi connectivity index (χ3n) is 10.9. The first-order chi connectivity index (χ1) is 32.0. The minimum Gasteiger partial charge on any atom is -0.756 e. The number of aliphatic hydroxyl groups is 1. The van der Waals surface area contributed by atoms with E-state index in [0.29, 0.717) is 17.4 Å². The number of likely N-dealkylation sites (N-methyl/N-ethyl adjacent to an activating group) is 1. The van der Waals surface area contributed by atoms with Crippen molar-refractivity contribution in [3.8, 4) is 0 Å². The maximum atomic E-state index is 12.9. The van der Waals surface area contributed by atoms with E-state index in [0.717, 1.165) is 96.3 Å². The Morgan fingerprint density at radius 3 is 1.39 bits per heavy atom. The Morgan fingerprint density at radius 2 is 0.939 bits per heavy atom. The van der Waals surface area contributed by atoms with Crippen molar-refractivity contribution in [1.82, 2.24) is 5.32 Å². The summed E-state index contributed by atoms with van der Waals surface area (Å²) >= 11 is 0. The van der Waals surface area contributed by atoms with Crippen LogP contribution in [0.5, 0.6) is 0 Å². The average Bonchev–Trinajstić information content (AvgIpc) is 3.28. The van der Waals surface area contributed by atoms with E-state index in [-0.39, 0.29) is 12.5 Å². The highest BCUT2D eigenvalue weighted by Crippen LogP contribution is 2.38. The first-order valence-electron chi connectivity index (χ1n) is 26.2. The van der Waals surface area contributed by atoms with Gasteiger partial charge in [-0.3, -0.25) is 9.36 Å². The fourth-order valence-corrected chi connectivity index (χ4v) is 7.56. The van der Waals surface area contributed by atoms with E-state index < -0.39 is 26.6 Å². The molecular formula is C57H99N2O6P. The zero-order valence-corrected chi connectivity index (χ0v) is 43.7. The molecule has 0 aliphatic rings. The summed E-state index contributed by atoms with van der Waals surface area (Å²) in [6, 6.07) is -0.914. The molecule has 0 radical (unpaired) electrons. The van der Waals surface area contributed by atoms with Crippen LogP contribution >= 0.6 is 7.82 Å². The van der Waals surface area contributed by atoms with Crippen LogP contribution in [0.1, 0.15) is 194 Å². The molecule has 0 aliphatic heterocycles. The molecule has 0 aromatic heterocycles. The van der Waals surface area contributed by atoms with Crippen LogP contribution in [-0.2, 0) is 18.4 Å². The van der Waals surface area contributed by atoms with Gasteiger partial charge in [-0.15, -0.1) is 0 Å². The number of hydrogen-bond acceptors (Lipinski definition) is 6. The van der Waals surface area contributed by atoms with Gasteiger partial charge in [-0.25, -0.2) is 0 Å². The van der Waals surface area contributed by atoms with Gasteiger partial charge in [-0.05, 0) is 89.9 Å². The van der Waals surface area contributed by atoms with E-state index in [4.69, 9.17) is 9.05 Å². The quantitative estimate of drug-likeness (QED) is 0.0272. The molecule has 2 N–H and O–H groups in total. The Hall–Kier alpha value is -2.84. The second-order valence-electron chi connectivity index (χ2n) is 18.5. The number of nitrogens with one attached hydrogen (secondary N) is 1. The number of hydrogen-bond donors (Lipinski definition) is 2. The molecule has 0 aromatic carbocycles. The van der Waals surface area contributed by atoms with Crippen LogP contribution in [0.25, 0.3) is 0 Å². The molecular weight excluding hydrogens is 840 g/mol. The first kappa shape index (κ1) is 63.2. The van der Waals surface area contributed by atoms with Crippen molar-refractivity contribution in [1.29, 1.82) is 0 Å². The summed E-state index contributed by atoms with van der Waals surface area (Å²) in [5.41, 5.74) is 0. The fourth-order valence-electron chi connectivity index (χ4n) is 6.84. The Kier molecular flexibility index (Phi) is 45.2. The molecule has 3 unspecified atom stereocenters. The monoisotopic (exact) mass is 939 g/mol. The number of phosphoric ester groups is 1. The van der Waals surface area contributed by atoms with E-state index in [2.05, 4.69) is 116 Å². The predicted molar refractivity (Wildman–Crippen MR) is 283 cm³/mol. The summed E-state index contributed by atoms with van der Waals surface area (Å²) in [5.74, 6) is -0.219. The van der Waals surface area contributed by atoms with Gasteiger partial charge in [0.15, 0.2) is 0 Å². The van der Waals surface area contributed by atoms with Crippen molar-refractivity contribution in [2.75, 3.05) is 40.9 Å². The summed E-state index contributed by atoms with van der Waals surface area (Å²) in [6.45, 7) is 4.40. The average molecular weight is 939 g/mol. The Morgan fingerprint density at radius 1 is 0.545 bits per heavy atom. The molecule has 0 heterocycles. The number of allylic oxidation sites excluding steroid dienone is 17. The minimum atomic E-state index is -4.61. The van der Waals surface area contributed by atoms with Gasteiger partial charge in [-0.2, -0.15) is 0 Å². The number of phosphoric acid groups is 1. The SMILES string of the molecule is CC/C=C\C/C=C\C/C=C\C/C=C\C/C=C\C/C=C\CCCCCCCCCCCCCCCCC(=O)NC(COP(=O)([O-])OCC[N+](C)(C)C)C(O)/C=C/CC/C=C/CC/C=C/CCC. The molecule has 0 rings (SSSR count). The molecule has 3 atom stereocenters. The van der Waals surface area contributed by atoms with E-state index in [9.17, 15) is 19.4 Å². The maximum Gasteiger partial charge on any atom is 0.268 e. The number of rotatable bonds is 46. The molecule has 66 heavy (non-hydrogen) atoms. The third kappa shape index (κ3) is 49.1. The maximum absolute atomic E-state index is 12.9. The lowest BCUT2D eigenvalue weighted by molar-refractivity contribution is -0.870. The van der Waals surface area contributed by atoms with Crippen LogP contribution in [0.4, 0.5) is 0 Å². The van der Waals surface area contributed by atoms with Gasteiger partial charge in [0.05, 0.1) is 39.9 Å². The smallest absolute Gasteiger partial charge is 0.268 e. The van der Waals surface area contributed by atoms with Gasteiger partial charge < -0.3 is 28.8 Å². The molecule has 378 valence electrons. The van der Waals surface area contributed by atoms with Gasteiger partial charge in [0.25, 0.3) is 7.82 Å². The summed E-state index contributed by atoms with van der Waals surface area (Å²) < 4.78 is 23.2. The lowest BCUT2D eigenvalue weighted by Crippen LogP contribution is -2.45. The van der Waals surface area contributed by atoms with Crippen molar-refractivity contribution < 1.29 is 32.9 Å². The molecule has 8 nitrogen and oxygen atoms in total. The summed E-state index contributed by atoms with van der Waals surface area (Å²) in [7, 11) is 1.22. The van der Waals surface area contributed by atoms with E-state index in [1.807, 2.05) is 27.2 Å². The van der Waals surface area contributed by atoms with Crippen molar-refractivity contribution >= 4 is 13.7 Å². The zero-order valence-electron chi connectivity index (χ0n) is 42.9. The molecule has 0 fully saturated rings. The van der Waals surface area contributed by atoms with Crippen molar-refractivity contribution in [3.05, 3.63) is 109 Å².